The smallest absolute Gasteiger partial charge is 0.264 e. The van der Waals surface area contributed by atoms with Crippen LogP contribution in [0.5, 0.6) is 0 Å². The SMILES string of the molecule is CCN(CC)c1ccc(CNC(=O)CN(c2cccc(Br)c2)S(=O)(=O)c2ccc(C)cc2)cc1. The van der Waals surface area contributed by atoms with Crippen molar-refractivity contribution in [3.05, 3.63) is 88.4 Å². The van der Waals surface area contributed by atoms with Crippen molar-refractivity contribution in [3.8, 4) is 0 Å². The summed E-state index contributed by atoms with van der Waals surface area (Å²) in [6.45, 7) is 7.95. The summed E-state index contributed by atoms with van der Waals surface area (Å²) < 4.78 is 28.8. The monoisotopic (exact) mass is 543 g/mol. The highest BCUT2D eigenvalue weighted by Crippen LogP contribution is 2.26. The number of nitrogens with zero attached hydrogens (tertiary/aromatic N) is 2. The van der Waals surface area contributed by atoms with E-state index in [1.54, 1.807) is 42.5 Å². The molecular formula is C26H30BrN3O3S. The minimum Gasteiger partial charge on any atom is -0.372 e. The van der Waals surface area contributed by atoms with Gasteiger partial charge in [0.25, 0.3) is 10.0 Å². The van der Waals surface area contributed by atoms with E-state index in [0.717, 1.165) is 38.7 Å². The van der Waals surface area contributed by atoms with Gasteiger partial charge in [0.2, 0.25) is 5.91 Å². The van der Waals surface area contributed by atoms with Crippen LogP contribution in [0.25, 0.3) is 0 Å². The van der Waals surface area contributed by atoms with Gasteiger partial charge < -0.3 is 10.2 Å². The molecule has 1 N–H and O–H groups in total. The quantitative estimate of drug-likeness (QED) is 0.385. The number of carbonyl (C=O) groups excluding carboxylic acids is 1. The number of halogens is 1. The molecule has 0 spiro atoms. The minimum atomic E-state index is -3.94. The second-order valence-electron chi connectivity index (χ2n) is 7.92. The Kier molecular flexibility index (Phi) is 8.74. The largest absolute Gasteiger partial charge is 0.372 e. The molecule has 34 heavy (non-hydrogen) atoms. The van der Waals surface area contributed by atoms with Gasteiger partial charge in [0, 0.05) is 29.8 Å². The average molecular weight is 545 g/mol. The van der Waals surface area contributed by atoms with Gasteiger partial charge in [-0.3, -0.25) is 9.10 Å². The maximum Gasteiger partial charge on any atom is 0.264 e. The van der Waals surface area contributed by atoms with Crippen LogP contribution in [-0.4, -0.2) is 34.0 Å². The first-order valence-electron chi connectivity index (χ1n) is 11.2. The molecule has 0 fully saturated rings. The number of benzene rings is 3. The molecule has 0 aliphatic rings. The Hall–Kier alpha value is -2.84. The van der Waals surface area contributed by atoms with E-state index in [1.807, 2.05) is 37.3 Å². The summed E-state index contributed by atoms with van der Waals surface area (Å²) in [5.74, 6) is -0.386. The molecule has 8 heteroatoms. The minimum absolute atomic E-state index is 0.137. The fraction of sp³-hybridized carbons (Fsp3) is 0.269. The molecule has 0 aliphatic heterocycles. The molecule has 3 rings (SSSR count). The number of anilines is 2. The molecule has 3 aromatic carbocycles. The normalized spacial score (nSPS) is 11.2. The van der Waals surface area contributed by atoms with Gasteiger partial charge in [0.15, 0.2) is 0 Å². The lowest BCUT2D eigenvalue weighted by Crippen LogP contribution is -2.40. The van der Waals surface area contributed by atoms with Gasteiger partial charge in [-0.25, -0.2) is 8.42 Å². The Labute approximate surface area is 210 Å². The zero-order valence-corrected chi connectivity index (χ0v) is 22.1. The Morgan fingerprint density at radius 1 is 0.912 bits per heavy atom. The average Bonchev–Trinajstić information content (AvgIpc) is 2.83. The van der Waals surface area contributed by atoms with E-state index < -0.39 is 10.0 Å². The third-order valence-electron chi connectivity index (χ3n) is 5.55. The fourth-order valence-electron chi connectivity index (χ4n) is 3.58. The van der Waals surface area contributed by atoms with Crippen molar-refractivity contribution in [1.29, 1.82) is 0 Å². The molecule has 0 heterocycles. The maximum absolute atomic E-state index is 13.4. The predicted molar refractivity (Wildman–Crippen MR) is 142 cm³/mol. The third-order valence-corrected chi connectivity index (χ3v) is 7.83. The molecule has 0 saturated carbocycles. The van der Waals surface area contributed by atoms with E-state index >= 15 is 0 Å². The Morgan fingerprint density at radius 2 is 1.56 bits per heavy atom. The van der Waals surface area contributed by atoms with E-state index in [-0.39, 0.29) is 17.3 Å². The van der Waals surface area contributed by atoms with E-state index in [9.17, 15) is 13.2 Å². The molecule has 3 aromatic rings. The van der Waals surface area contributed by atoms with Crippen molar-refractivity contribution in [1.82, 2.24) is 5.32 Å². The third kappa shape index (κ3) is 6.39. The van der Waals surface area contributed by atoms with Crippen LogP contribution < -0.4 is 14.5 Å². The lowest BCUT2D eigenvalue weighted by atomic mass is 10.2. The van der Waals surface area contributed by atoms with Crippen LogP contribution >= 0.6 is 15.9 Å². The molecule has 0 bridgehead atoms. The molecule has 0 aliphatic carbocycles. The summed E-state index contributed by atoms with van der Waals surface area (Å²) in [4.78, 5) is 15.2. The molecule has 6 nitrogen and oxygen atoms in total. The first-order valence-corrected chi connectivity index (χ1v) is 13.4. The highest BCUT2D eigenvalue weighted by atomic mass is 79.9. The zero-order chi connectivity index (χ0) is 24.7. The summed E-state index contributed by atoms with van der Waals surface area (Å²) in [6.07, 6.45) is 0. The first-order chi connectivity index (χ1) is 16.2. The van der Waals surface area contributed by atoms with Gasteiger partial charge in [0.1, 0.15) is 6.54 Å². The van der Waals surface area contributed by atoms with Crippen molar-refractivity contribution in [2.75, 3.05) is 28.8 Å². The Morgan fingerprint density at radius 3 is 2.15 bits per heavy atom. The predicted octanol–water partition coefficient (Wildman–Crippen LogP) is 5.12. The van der Waals surface area contributed by atoms with Crippen LogP contribution in [0.3, 0.4) is 0 Å². The Bertz CT molecular complexity index is 1210. The standard InChI is InChI=1S/C26H30BrN3O3S/c1-4-29(5-2)23-13-11-21(12-14-23)18-28-26(31)19-30(24-8-6-7-22(27)17-24)34(32,33)25-15-9-20(3)10-16-25/h6-17H,4-5,18-19H2,1-3H3,(H,28,31). The number of hydrogen-bond donors (Lipinski definition) is 1. The number of nitrogens with one attached hydrogen (secondary N) is 1. The number of sulfonamides is 1. The van der Waals surface area contributed by atoms with Gasteiger partial charge >= 0.3 is 0 Å². The summed E-state index contributed by atoms with van der Waals surface area (Å²) in [7, 11) is -3.94. The summed E-state index contributed by atoms with van der Waals surface area (Å²) in [5.41, 5.74) is 3.44. The van der Waals surface area contributed by atoms with Crippen LogP contribution in [0.1, 0.15) is 25.0 Å². The molecule has 0 unspecified atom stereocenters. The van der Waals surface area contributed by atoms with Crippen LogP contribution in [-0.2, 0) is 21.4 Å². The van der Waals surface area contributed by atoms with Gasteiger partial charge in [-0.2, -0.15) is 0 Å². The molecule has 0 saturated heterocycles. The molecular weight excluding hydrogens is 514 g/mol. The number of carbonyl (C=O) groups is 1. The number of aryl methyl sites for hydroxylation is 1. The van der Waals surface area contributed by atoms with Gasteiger partial charge in [0.05, 0.1) is 10.6 Å². The molecule has 0 aromatic heterocycles. The van der Waals surface area contributed by atoms with E-state index in [4.69, 9.17) is 0 Å². The van der Waals surface area contributed by atoms with Crippen molar-refractivity contribution < 1.29 is 13.2 Å². The van der Waals surface area contributed by atoms with Crippen molar-refractivity contribution in [2.24, 2.45) is 0 Å². The highest BCUT2D eigenvalue weighted by molar-refractivity contribution is 9.10. The first kappa shape index (κ1) is 25.8. The molecule has 1 amide bonds. The van der Waals surface area contributed by atoms with E-state index in [2.05, 4.69) is 40.0 Å². The highest BCUT2D eigenvalue weighted by Gasteiger charge is 2.27. The van der Waals surface area contributed by atoms with Crippen LogP contribution in [0.4, 0.5) is 11.4 Å². The Balaban J connectivity index is 1.77. The topological polar surface area (TPSA) is 69.7 Å². The van der Waals surface area contributed by atoms with Crippen molar-refractivity contribution in [2.45, 2.75) is 32.2 Å². The number of amides is 1. The van der Waals surface area contributed by atoms with Gasteiger partial charge in [-0.05, 0) is 68.8 Å². The maximum atomic E-state index is 13.4. The van der Waals surface area contributed by atoms with Crippen molar-refractivity contribution >= 4 is 43.2 Å². The van der Waals surface area contributed by atoms with E-state index in [1.165, 1.54) is 0 Å². The number of rotatable bonds is 10. The second kappa shape index (κ2) is 11.5. The van der Waals surface area contributed by atoms with Crippen molar-refractivity contribution in [3.63, 3.8) is 0 Å². The van der Waals surface area contributed by atoms with Crippen LogP contribution in [0.15, 0.2) is 82.2 Å². The molecule has 180 valence electrons. The molecule has 0 atom stereocenters. The van der Waals surface area contributed by atoms with E-state index in [0.29, 0.717) is 12.2 Å². The fourth-order valence-corrected chi connectivity index (χ4v) is 5.38. The lowest BCUT2D eigenvalue weighted by molar-refractivity contribution is -0.119. The van der Waals surface area contributed by atoms with Crippen LogP contribution in [0, 0.1) is 6.92 Å². The summed E-state index contributed by atoms with van der Waals surface area (Å²) >= 11 is 3.39. The second-order valence-corrected chi connectivity index (χ2v) is 10.7. The lowest BCUT2D eigenvalue weighted by Gasteiger charge is -2.24. The zero-order valence-electron chi connectivity index (χ0n) is 19.7. The summed E-state index contributed by atoms with van der Waals surface area (Å²) in [6, 6.07) is 21.5. The van der Waals surface area contributed by atoms with Gasteiger partial charge in [-0.1, -0.05) is 51.8 Å². The number of hydrogen-bond acceptors (Lipinski definition) is 4. The summed E-state index contributed by atoms with van der Waals surface area (Å²) in [5, 5.41) is 2.85. The van der Waals surface area contributed by atoms with Gasteiger partial charge in [-0.15, -0.1) is 0 Å². The molecule has 0 radical (unpaired) electrons. The van der Waals surface area contributed by atoms with Crippen LogP contribution in [0.2, 0.25) is 0 Å².